The molecule has 1 aliphatic rings. The van der Waals surface area contributed by atoms with E-state index in [1.807, 2.05) is 0 Å². The Balaban J connectivity index is 1.43. The van der Waals surface area contributed by atoms with Gasteiger partial charge in [-0.3, -0.25) is 4.79 Å². The third-order valence-electron chi connectivity index (χ3n) is 6.75. The van der Waals surface area contributed by atoms with Crippen molar-refractivity contribution in [2.45, 2.75) is 30.7 Å². The third-order valence-corrected chi connectivity index (χ3v) is 6.75. The number of phenolic OH excluding ortho intramolecular Hbond substituents is 5. The molecule has 14 nitrogen and oxygen atoms in total. The van der Waals surface area contributed by atoms with Gasteiger partial charge in [0, 0.05) is 23.8 Å². The summed E-state index contributed by atoms with van der Waals surface area (Å²) in [6, 6.07) is 11.2. The van der Waals surface area contributed by atoms with E-state index in [-0.39, 0.29) is 22.7 Å². The second-order valence-corrected chi connectivity index (χ2v) is 9.82. The first-order valence-corrected chi connectivity index (χ1v) is 13.0. The molecule has 1 aromatic heterocycles. The summed E-state index contributed by atoms with van der Waals surface area (Å²) in [7, 11) is 0. The molecule has 8 N–H and O–H groups in total. The number of aromatic hydroxyl groups is 5. The molecule has 1 aliphatic heterocycles. The normalized spacial score (nSPS) is 21.8. The molecule has 5 atom stereocenters. The van der Waals surface area contributed by atoms with Crippen LogP contribution in [-0.4, -0.2) is 84.1 Å². The highest BCUT2D eigenvalue weighted by atomic mass is 16.7. The monoisotopic (exact) mass is 610 g/mol. The minimum atomic E-state index is -1.95. The van der Waals surface area contributed by atoms with E-state index < -0.39 is 82.8 Å². The van der Waals surface area contributed by atoms with Crippen LogP contribution in [0.3, 0.4) is 0 Å². The molecule has 4 aromatic rings. The summed E-state index contributed by atoms with van der Waals surface area (Å²) in [6.45, 7) is -0.616. The van der Waals surface area contributed by atoms with Crippen molar-refractivity contribution in [3.05, 3.63) is 76.5 Å². The summed E-state index contributed by atoms with van der Waals surface area (Å²) in [5.74, 6) is -4.08. The first-order valence-electron chi connectivity index (χ1n) is 13.0. The second kappa shape index (κ2) is 12.1. The highest BCUT2D eigenvalue weighted by molar-refractivity contribution is 5.88. The van der Waals surface area contributed by atoms with Gasteiger partial charge in [-0.15, -0.1) is 0 Å². The molecule has 5 rings (SSSR count). The summed E-state index contributed by atoms with van der Waals surface area (Å²) in [6.07, 6.45) is -6.45. The molecule has 0 saturated carbocycles. The summed E-state index contributed by atoms with van der Waals surface area (Å²) in [5.41, 5.74) is -0.735. The van der Waals surface area contributed by atoms with Crippen molar-refractivity contribution in [2.75, 3.05) is 6.61 Å². The van der Waals surface area contributed by atoms with Crippen molar-refractivity contribution < 1.29 is 64.3 Å². The Morgan fingerprint density at radius 3 is 2.25 bits per heavy atom. The average molecular weight is 611 g/mol. The van der Waals surface area contributed by atoms with Crippen molar-refractivity contribution in [2.24, 2.45) is 0 Å². The molecule has 2 heterocycles. The molecule has 2 unspecified atom stereocenters. The van der Waals surface area contributed by atoms with Crippen LogP contribution in [-0.2, 0) is 14.3 Å². The SMILES string of the molecule is O=C(/C=C/c1ccc(O)cc1)OCC1O[C@@H](Oc2c(-c3ccc(O)c(O)c3)oc3cc(O)cc(O)c3c2=O)C(O)[C@H](O)[C@@H]1O. The Bertz CT molecular complexity index is 1780. The standard InChI is InChI=1S/C30H26O14/c31-15-5-1-13(2-6-15)3-8-22(36)41-12-21-24(37)26(39)27(40)30(43-21)44-29-25(38)23-19(35)10-16(32)11-20(23)42-28(29)14-4-7-17(33)18(34)9-14/h1-11,21,24,26-27,30-35,37,39-40H,12H2/b8-3+/t21?,24-,26-,27?,30+/m1/s1. The van der Waals surface area contributed by atoms with E-state index in [1.54, 1.807) is 12.1 Å². The van der Waals surface area contributed by atoms with E-state index in [1.165, 1.54) is 24.3 Å². The number of aliphatic hydroxyl groups excluding tert-OH is 3. The maximum Gasteiger partial charge on any atom is 0.330 e. The van der Waals surface area contributed by atoms with Gasteiger partial charge >= 0.3 is 5.97 Å². The van der Waals surface area contributed by atoms with E-state index >= 15 is 0 Å². The molecule has 0 spiro atoms. The Morgan fingerprint density at radius 2 is 1.55 bits per heavy atom. The van der Waals surface area contributed by atoms with E-state index in [9.17, 15) is 50.4 Å². The van der Waals surface area contributed by atoms with Gasteiger partial charge in [0.2, 0.25) is 17.5 Å². The van der Waals surface area contributed by atoms with Crippen LogP contribution in [0.1, 0.15) is 5.56 Å². The Morgan fingerprint density at radius 1 is 0.818 bits per heavy atom. The molecule has 3 aromatic carbocycles. The van der Waals surface area contributed by atoms with Crippen LogP contribution in [0.2, 0.25) is 0 Å². The number of benzene rings is 3. The number of aliphatic hydroxyl groups is 3. The first kappa shape index (κ1) is 30.2. The molecule has 230 valence electrons. The predicted octanol–water partition coefficient (Wildman–Crippen LogP) is 1.43. The molecule has 0 amide bonds. The molecule has 0 aliphatic carbocycles. The lowest BCUT2D eigenvalue weighted by Crippen LogP contribution is -2.60. The van der Waals surface area contributed by atoms with Crippen molar-refractivity contribution >= 4 is 23.0 Å². The van der Waals surface area contributed by atoms with Crippen molar-refractivity contribution in [1.82, 2.24) is 0 Å². The van der Waals surface area contributed by atoms with Crippen LogP contribution >= 0.6 is 0 Å². The number of fused-ring (bicyclic) bond motifs is 1. The predicted molar refractivity (Wildman–Crippen MR) is 150 cm³/mol. The molecule has 44 heavy (non-hydrogen) atoms. The number of hydrogen-bond acceptors (Lipinski definition) is 14. The molecule has 1 fully saturated rings. The maximum absolute atomic E-state index is 13.6. The zero-order valence-electron chi connectivity index (χ0n) is 22.5. The lowest BCUT2D eigenvalue weighted by atomic mass is 9.99. The lowest BCUT2D eigenvalue weighted by molar-refractivity contribution is -0.278. The number of phenols is 5. The molecule has 0 bridgehead atoms. The zero-order chi connectivity index (χ0) is 31.7. The fourth-order valence-corrected chi connectivity index (χ4v) is 4.46. The summed E-state index contributed by atoms with van der Waals surface area (Å²) < 4.78 is 22.1. The number of ether oxygens (including phenoxy) is 3. The van der Waals surface area contributed by atoms with Crippen LogP contribution in [0.5, 0.6) is 34.5 Å². The van der Waals surface area contributed by atoms with E-state index in [0.717, 1.165) is 30.3 Å². The minimum absolute atomic E-state index is 0.0195. The van der Waals surface area contributed by atoms with Crippen LogP contribution in [0.15, 0.2) is 69.9 Å². The zero-order valence-corrected chi connectivity index (χ0v) is 22.5. The van der Waals surface area contributed by atoms with Crippen LogP contribution in [0.4, 0.5) is 0 Å². The molecule has 1 saturated heterocycles. The fraction of sp³-hybridized carbons (Fsp3) is 0.200. The summed E-state index contributed by atoms with van der Waals surface area (Å²) >= 11 is 0. The lowest BCUT2D eigenvalue weighted by Gasteiger charge is -2.39. The van der Waals surface area contributed by atoms with Gasteiger partial charge in [0.15, 0.2) is 17.3 Å². The van der Waals surface area contributed by atoms with Gasteiger partial charge in [-0.05, 0) is 42.0 Å². The van der Waals surface area contributed by atoms with Gasteiger partial charge in [0.05, 0.1) is 0 Å². The molecular formula is C30H26O14. The molecular weight excluding hydrogens is 584 g/mol. The summed E-state index contributed by atoms with van der Waals surface area (Å²) in [4.78, 5) is 25.8. The second-order valence-electron chi connectivity index (χ2n) is 9.82. The van der Waals surface area contributed by atoms with Gasteiger partial charge < -0.3 is 59.5 Å². The number of carbonyl (C=O) groups excluding carboxylic acids is 1. The van der Waals surface area contributed by atoms with Crippen molar-refractivity contribution in [3.8, 4) is 45.8 Å². The Kier molecular flexibility index (Phi) is 8.33. The molecule has 14 heteroatoms. The van der Waals surface area contributed by atoms with E-state index in [0.29, 0.717) is 5.56 Å². The number of carbonyl (C=O) groups is 1. The summed E-state index contributed by atoms with van der Waals surface area (Å²) in [5, 5.41) is 80.6. The van der Waals surface area contributed by atoms with Crippen LogP contribution in [0, 0.1) is 0 Å². The number of esters is 1. The van der Waals surface area contributed by atoms with Crippen molar-refractivity contribution in [3.63, 3.8) is 0 Å². The van der Waals surface area contributed by atoms with Crippen molar-refractivity contribution in [1.29, 1.82) is 0 Å². The van der Waals surface area contributed by atoms with E-state index in [2.05, 4.69) is 0 Å². The minimum Gasteiger partial charge on any atom is -0.508 e. The highest BCUT2D eigenvalue weighted by Crippen LogP contribution is 2.39. The van der Waals surface area contributed by atoms with Gasteiger partial charge in [-0.25, -0.2) is 4.79 Å². The fourth-order valence-electron chi connectivity index (χ4n) is 4.46. The van der Waals surface area contributed by atoms with Gasteiger partial charge in [-0.1, -0.05) is 12.1 Å². The first-order chi connectivity index (χ1) is 20.9. The smallest absolute Gasteiger partial charge is 0.330 e. The Labute approximate surface area is 247 Å². The van der Waals surface area contributed by atoms with Gasteiger partial charge in [0.25, 0.3) is 0 Å². The Hall–Kier alpha value is -5.28. The van der Waals surface area contributed by atoms with Crippen LogP contribution < -0.4 is 10.2 Å². The third kappa shape index (κ3) is 6.09. The largest absolute Gasteiger partial charge is 0.508 e. The quantitative estimate of drug-likeness (QED) is 0.0840. The van der Waals surface area contributed by atoms with Crippen LogP contribution in [0.25, 0.3) is 28.4 Å². The van der Waals surface area contributed by atoms with Gasteiger partial charge in [0.1, 0.15) is 59.2 Å². The maximum atomic E-state index is 13.6. The van der Waals surface area contributed by atoms with Gasteiger partial charge in [-0.2, -0.15) is 0 Å². The topological polar surface area (TPSA) is 237 Å². The molecule has 0 radical (unpaired) electrons. The highest BCUT2D eigenvalue weighted by Gasteiger charge is 2.46. The van der Waals surface area contributed by atoms with E-state index in [4.69, 9.17) is 18.6 Å². The average Bonchev–Trinajstić information content (AvgIpc) is 2.98. The number of rotatable bonds is 7. The number of hydrogen-bond donors (Lipinski definition) is 8.